The molecular weight excluding hydrogens is 328 g/mol. The molecule has 1 aromatic carbocycles. The van der Waals surface area contributed by atoms with Crippen molar-refractivity contribution in [2.45, 2.75) is 105 Å². The van der Waals surface area contributed by atoms with Crippen LogP contribution in [0.5, 0.6) is 23.0 Å². The highest BCUT2D eigenvalue weighted by Crippen LogP contribution is 2.49. The molecule has 4 heteroatoms. The van der Waals surface area contributed by atoms with E-state index in [9.17, 15) is 0 Å². The van der Waals surface area contributed by atoms with Crippen molar-refractivity contribution in [3.8, 4) is 23.0 Å². The van der Waals surface area contributed by atoms with Crippen LogP contribution in [0.3, 0.4) is 0 Å². The van der Waals surface area contributed by atoms with Crippen LogP contribution in [-0.4, -0.2) is 22.4 Å². The van der Waals surface area contributed by atoms with Crippen LogP contribution in [0, 0.1) is 0 Å². The van der Waals surface area contributed by atoms with Gasteiger partial charge in [0.1, 0.15) is 22.4 Å². The summed E-state index contributed by atoms with van der Waals surface area (Å²) in [5.41, 5.74) is -1.54. The topological polar surface area (TPSA) is 36.9 Å². The molecule has 0 heterocycles. The summed E-state index contributed by atoms with van der Waals surface area (Å²) in [5.74, 6) is 2.44. The van der Waals surface area contributed by atoms with Crippen molar-refractivity contribution < 1.29 is 18.9 Å². The van der Waals surface area contributed by atoms with Gasteiger partial charge in [0.05, 0.1) is 0 Å². The first-order chi connectivity index (χ1) is 11.4. The van der Waals surface area contributed by atoms with Gasteiger partial charge in [-0.05, 0) is 95.2 Å². The van der Waals surface area contributed by atoms with Crippen LogP contribution >= 0.6 is 0 Å². The number of hydrogen-bond acceptors (Lipinski definition) is 4. The molecule has 150 valence electrons. The van der Waals surface area contributed by atoms with Crippen LogP contribution in [0.1, 0.15) is 83.1 Å². The molecule has 0 radical (unpaired) electrons. The lowest BCUT2D eigenvalue weighted by Gasteiger charge is -2.32. The van der Waals surface area contributed by atoms with Crippen LogP contribution in [0.4, 0.5) is 0 Å². The second-order valence-corrected chi connectivity index (χ2v) is 10.6. The van der Waals surface area contributed by atoms with Crippen molar-refractivity contribution in [1.29, 1.82) is 0 Å². The van der Waals surface area contributed by atoms with Crippen molar-refractivity contribution in [1.82, 2.24) is 0 Å². The molecule has 4 nitrogen and oxygen atoms in total. The molecule has 0 aliphatic rings. The monoisotopic (exact) mass is 366 g/mol. The van der Waals surface area contributed by atoms with Crippen molar-refractivity contribution in [3.63, 3.8) is 0 Å². The summed E-state index contributed by atoms with van der Waals surface area (Å²) in [4.78, 5) is 0. The fourth-order valence-corrected chi connectivity index (χ4v) is 2.15. The number of rotatable bonds is 4. The number of benzene rings is 1. The average Bonchev–Trinajstić information content (AvgIpc) is 2.30. The highest BCUT2D eigenvalue weighted by Gasteiger charge is 2.30. The lowest BCUT2D eigenvalue weighted by Crippen LogP contribution is -2.30. The zero-order valence-electron chi connectivity index (χ0n) is 18.8. The number of hydrogen-bond donors (Lipinski definition) is 0. The first kappa shape index (κ1) is 22.5. The maximum atomic E-state index is 6.28. The highest BCUT2D eigenvalue weighted by molar-refractivity contribution is 5.60. The van der Waals surface area contributed by atoms with Gasteiger partial charge in [0.15, 0.2) is 11.5 Å². The maximum absolute atomic E-state index is 6.28. The minimum atomic E-state index is -0.410. The van der Waals surface area contributed by atoms with Gasteiger partial charge in [-0.25, -0.2) is 0 Å². The minimum absolute atomic E-state index is 0.360. The molecule has 0 unspecified atom stereocenters. The van der Waals surface area contributed by atoms with Crippen LogP contribution < -0.4 is 18.9 Å². The highest BCUT2D eigenvalue weighted by atomic mass is 16.6. The normalized spacial score (nSPS) is 13.4. The first-order valence-corrected chi connectivity index (χ1v) is 9.29. The Morgan fingerprint density at radius 3 is 0.846 bits per heavy atom. The van der Waals surface area contributed by atoms with E-state index in [1.165, 1.54) is 0 Å². The van der Waals surface area contributed by atoms with E-state index in [0.717, 1.165) is 0 Å². The van der Waals surface area contributed by atoms with Gasteiger partial charge in [-0.2, -0.15) is 0 Å². The minimum Gasteiger partial charge on any atom is -0.484 e. The fraction of sp³-hybridized carbons (Fsp3) is 0.727. The van der Waals surface area contributed by atoms with Gasteiger partial charge < -0.3 is 18.9 Å². The Hall–Kier alpha value is -1.58. The van der Waals surface area contributed by atoms with E-state index in [1.807, 2.05) is 95.2 Å². The average molecular weight is 367 g/mol. The molecule has 0 bridgehead atoms. The smallest absolute Gasteiger partial charge is 0.208 e. The van der Waals surface area contributed by atoms with E-state index < -0.39 is 11.2 Å². The van der Waals surface area contributed by atoms with Gasteiger partial charge in [0, 0.05) is 0 Å². The molecule has 0 saturated carbocycles. The Balaban J connectivity index is 3.62. The standard InChI is InChI=1S/C22H38O4/c1-19(2,3)23-15-13-14-16(24-20(4,5)6)18(26-22(10,11)12)17(15)25-21(7,8)9/h13-14H,1-12H3. The van der Waals surface area contributed by atoms with E-state index in [1.54, 1.807) is 0 Å². The fourth-order valence-electron chi connectivity index (χ4n) is 2.15. The molecule has 1 aromatic rings. The van der Waals surface area contributed by atoms with Gasteiger partial charge in [-0.1, -0.05) is 0 Å². The Kier molecular flexibility index (Phi) is 6.22. The summed E-state index contributed by atoms with van der Waals surface area (Å²) in [5, 5.41) is 0. The summed E-state index contributed by atoms with van der Waals surface area (Å²) >= 11 is 0. The molecule has 0 aliphatic heterocycles. The molecule has 0 aromatic heterocycles. The third-order valence-corrected chi connectivity index (χ3v) is 2.69. The Morgan fingerprint density at radius 1 is 0.423 bits per heavy atom. The summed E-state index contributed by atoms with van der Waals surface area (Å²) < 4.78 is 24.9. The predicted octanol–water partition coefficient (Wildman–Crippen LogP) is 6.40. The van der Waals surface area contributed by atoms with Crippen LogP contribution in [0.2, 0.25) is 0 Å². The molecule has 0 spiro atoms. The lowest BCUT2D eigenvalue weighted by atomic mass is 10.1. The van der Waals surface area contributed by atoms with Crippen LogP contribution in [0.15, 0.2) is 12.1 Å². The molecule has 0 fully saturated rings. The third kappa shape index (κ3) is 8.20. The van der Waals surface area contributed by atoms with Gasteiger partial charge >= 0.3 is 0 Å². The van der Waals surface area contributed by atoms with E-state index in [-0.39, 0.29) is 11.2 Å². The molecular formula is C22H38O4. The second kappa shape index (κ2) is 7.21. The molecule has 0 N–H and O–H groups in total. The summed E-state index contributed by atoms with van der Waals surface area (Å²) in [6.45, 7) is 24.1. The first-order valence-electron chi connectivity index (χ1n) is 9.29. The van der Waals surface area contributed by atoms with Crippen molar-refractivity contribution in [2.75, 3.05) is 0 Å². The van der Waals surface area contributed by atoms with E-state index in [4.69, 9.17) is 18.9 Å². The van der Waals surface area contributed by atoms with E-state index in [0.29, 0.717) is 23.0 Å². The molecule has 0 amide bonds. The largest absolute Gasteiger partial charge is 0.484 e. The molecule has 26 heavy (non-hydrogen) atoms. The molecule has 1 rings (SSSR count). The summed E-state index contributed by atoms with van der Waals surface area (Å²) in [7, 11) is 0. The molecule has 0 atom stereocenters. The molecule has 0 saturated heterocycles. The van der Waals surface area contributed by atoms with Gasteiger partial charge in [-0.15, -0.1) is 0 Å². The van der Waals surface area contributed by atoms with E-state index >= 15 is 0 Å². The van der Waals surface area contributed by atoms with E-state index in [2.05, 4.69) is 0 Å². The van der Waals surface area contributed by atoms with Crippen LogP contribution in [-0.2, 0) is 0 Å². The lowest BCUT2D eigenvalue weighted by molar-refractivity contribution is 0.0664. The molecule has 0 aliphatic carbocycles. The predicted molar refractivity (Wildman–Crippen MR) is 108 cm³/mol. The van der Waals surface area contributed by atoms with Gasteiger partial charge in [0.2, 0.25) is 11.5 Å². The Bertz CT molecular complexity index is 550. The van der Waals surface area contributed by atoms with Gasteiger partial charge in [-0.3, -0.25) is 0 Å². The maximum Gasteiger partial charge on any atom is 0.208 e. The van der Waals surface area contributed by atoms with Crippen molar-refractivity contribution in [2.24, 2.45) is 0 Å². The second-order valence-electron chi connectivity index (χ2n) is 10.6. The van der Waals surface area contributed by atoms with Crippen molar-refractivity contribution >= 4 is 0 Å². The Labute approximate surface area is 160 Å². The van der Waals surface area contributed by atoms with Gasteiger partial charge in [0.25, 0.3) is 0 Å². The zero-order chi connectivity index (χ0) is 20.6. The Morgan fingerprint density at radius 2 is 0.654 bits per heavy atom. The summed E-state index contributed by atoms with van der Waals surface area (Å²) in [6, 6.07) is 3.78. The SMILES string of the molecule is CC(C)(C)Oc1ccc(OC(C)(C)C)c(OC(C)(C)C)c1OC(C)(C)C. The summed E-state index contributed by atoms with van der Waals surface area (Å²) in [6.07, 6.45) is 0. The number of ether oxygens (including phenoxy) is 4. The van der Waals surface area contributed by atoms with Crippen molar-refractivity contribution in [3.05, 3.63) is 12.1 Å². The van der Waals surface area contributed by atoms with Crippen LogP contribution in [0.25, 0.3) is 0 Å². The zero-order valence-corrected chi connectivity index (χ0v) is 18.8. The third-order valence-electron chi connectivity index (χ3n) is 2.69. The quantitative estimate of drug-likeness (QED) is 0.618.